The van der Waals surface area contributed by atoms with Gasteiger partial charge in [-0.3, -0.25) is 9.59 Å². The molecule has 0 unspecified atom stereocenters. The maximum Gasteiger partial charge on any atom is 0.243 e. The first-order chi connectivity index (χ1) is 5.70. The van der Waals surface area contributed by atoms with Gasteiger partial charge < -0.3 is 5.32 Å². The minimum Gasteiger partial charge on any atom is -0.356 e. The number of ketones is 1. The second-order valence-electron chi connectivity index (χ2n) is 2.23. The summed E-state index contributed by atoms with van der Waals surface area (Å²) in [5.41, 5.74) is 0. The normalized spacial score (nSPS) is 9.75. The van der Waals surface area contributed by atoms with Crippen LogP contribution in [0.25, 0.3) is 0 Å². The van der Waals surface area contributed by atoms with Gasteiger partial charge in [0.2, 0.25) is 5.91 Å². The van der Waals surface area contributed by atoms with Gasteiger partial charge in [-0.1, -0.05) is 12.7 Å². The minimum absolute atomic E-state index is 0.00319. The lowest BCUT2D eigenvalue weighted by molar-refractivity contribution is -0.116. The van der Waals surface area contributed by atoms with Crippen LogP contribution < -0.4 is 5.32 Å². The summed E-state index contributed by atoms with van der Waals surface area (Å²) in [5.74, 6) is -0.155. The van der Waals surface area contributed by atoms with Gasteiger partial charge in [-0.25, -0.2) is 0 Å². The lowest BCUT2D eigenvalue weighted by Crippen LogP contribution is -2.13. The highest BCUT2D eigenvalue weighted by molar-refractivity contribution is 5.89. The van der Waals surface area contributed by atoms with Crippen molar-refractivity contribution in [3.05, 3.63) is 24.8 Å². The van der Waals surface area contributed by atoms with Crippen LogP contribution in [0.2, 0.25) is 0 Å². The zero-order chi connectivity index (χ0) is 9.40. The van der Waals surface area contributed by atoms with Crippen molar-refractivity contribution in [2.75, 3.05) is 7.05 Å². The third-order valence-corrected chi connectivity index (χ3v) is 1.30. The van der Waals surface area contributed by atoms with Gasteiger partial charge in [0.1, 0.15) is 0 Å². The van der Waals surface area contributed by atoms with Gasteiger partial charge in [0.25, 0.3) is 0 Å². The van der Waals surface area contributed by atoms with Crippen molar-refractivity contribution in [3.8, 4) is 0 Å². The van der Waals surface area contributed by atoms with Crippen LogP contribution in [-0.2, 0) is 9.59 Å². The molecule has 12 heavy (non-hydrogen) atoms. The summed E-state index contributed by atoms with van der Waals surface area (Å²) in [6.07, 6.45) is 5.36. The Morgan fingerprint density at radius 3 is 2.67 bits per heavy atom. The van der Waals surface area contributed by atoms with Gasteiger partial charge >= 0.3 is 0 Å². The van der Waals surface area contributed by atoms with Crippen LogP contribution in [-0.4, -0.2) is 18.7 Å². The lowest BCUT2D eigenvalue weighted by atomic mass is 10.2. The molecular weight excluding hydrogens is 154 g/mol. The van der Waals surface area contributed by atoms with E-state index in [-0.39, 0.29) is 11.7 Å². The fraction of sp³-hybridized carbons (Fsp3) is 0.333. The first-order valence-electron chi connectivity index (χ1n) is 3.74. The molecule has 0 radical (unpaired) electrons. The van der Waals surface area contributed by atoms with Gasteiger partial charge in [-0.2, -0.15) is 0 Å². The first kappa shape index (κ1) is 10.6. The molecule has 0 aromatic heterocycles. The van der Waals surface area contributed by atoms with Crippen molar-refractivity contribution in [3.63, 3.8) is 0 Å². The Morgan fingerprint density at radius 1 is 1.50 bits per heavy atom. The molecule has 0 atom stereocenters. The van der Waals surface area contributed by atoms with Gasteiger partial charge in [-0.15, -0.1) is 0 Å². The predicted octanol–water partition coefficient (Wildman–Crippen LogP) is 0.824. The van der Waals surface area contributed by atoms with E-state index in [1.54, 1.807) is 13.1 Å². The lowest BCUT2D eigenvalue weighted by Gasteiger charge is -1.90. The summed E-state index contributed by atoms with van der Waals surface area (Å²) in [7, 11) is 1.56. The van der Waals surface area contributed by atoms with Crippen molar-refractivity contribution in [2.45, 2.75) is 12.8 Å². The second-order valence-corrected chi connectivity index (χ2v) is 2.23. The summed E-state index contributed by atoms with van der Waals surface area (Å²) < 4.78 is 0. The highest BCUT2D eigenvalue weighted by Gasteiger charge is 1.92. The zero-order valence-electron chi connectivity index (χ0n) is 7.17. The highest BCUT2D eigenvalue weighted by atomic mass is 16.1. The van der Waals surface area contributed by atoms with Gasteiger partial charge in [0.15, 0.2) is 5.78 Å². The fourth-order valence-corrected chi connectivity index (χ4v) is 0.601. The van der Waals surface area contributed by atoms with Crippen LogP contribution in [0.15, 0.2) is 24.8 Å². The largest absolute Gasteiger partial charge is 0.356 e. The fourth-order valence-electron chi connectivity index (χ4n) is 0.601. The monoisotopic (exact) mass is 167 g/mol. The molecule has 0 saturated heterocycles. The third-order valence-electron chi connectivity index (χ3n) is 1.30. The van der Waals surface area contributed by atoms with E-state index in [2.05, 4.69) is 11.9 Å². The molecule has 0 fully saturated rings. The molecule has 0 aliphatic carbocycles. The minimum atomic E-state index is -0.152. The van der Waals surface area contributed by atoms with E-state index in [1.165, 1.54) is 12.2 Å². The Kier molecular flexibility index (Phi) is 5.61. The zero-order valence-corrected chi connectivity index (χ0v) is 7.17. The van der Waals surface area contributed by atoms with Gasteiger partial charge in [-0.05, 0) is 18.6 Å². The SMILES string of the molecule is C=CC(=O)CC/C=C/C(=O)NC. The molecule has 0 saturated carbocycles. The third kappa shape index (κ3) is 5.41. The van der Waals surface area contributed by atoms with Crippen LogP contribution >= 0.6 is 0 Å². The molecule has 0 aromatic carbocycles. The summed E-state index contributed by atoms with van der Waals surface area (Å²) in [6, 6.07) is 0. The number of likely N-dealkylation sites (N-methyl/N-ethyl adjacent to an activating group) is 1. The number of hydrogen-bond acceptors (Lipinski definition) is 2. The highest BCUT2D eigenvalue weighted by Crippen LogP contribution is 1.92. The number of amides is 1. The van der Waals surface area contributed by atoms with E-state index in [4.69, 9.17) is 0 Å². The van der Waals surface area contributed by atoms with E-state index in [0.717, 1.165) is 0 Å². The molecule has 66 valence electrons. The van der Waals surface area contributed by atoms with Crippen molar-refractivity contribution in [1.29, 1.82) is 0 Å². The smallest absolute Gasteiger partial charge is 0.243 e. The Balaban J connectivity index is 3.55. The Morgan fingerprint density at radius 2 is 2.17 bits per heavy atom. The van der Waals surface area contributed by atoms with Crippen LogP contribution in [0.3, 0.4) is 0 Å². The van der Waals surface area contributed by atoms with Crippen LogP contribution in [0.4, 0.5) is 0 Å². The first-order valence-corrected chi connectivity index (χ1v) is 3.74. The van der Waals surface area contributed by atoms with Crippen molar-refractivity contribution in [1.82, 2.24) is 5.32 Å². The summed E-state index contributed by atoms with van der Waals surface area (Å²) >= 11 is 0. The number of carbonyl (C=O) groups excluding carboxylic acids is 2. The second kappa shape index (κ2) is 6.34. The van der Waals surface area contributed by atoms with E-state index in [0.29, 0.717) is 12.8 Å². The van der Waals surface area contributed by atoms with E-state index in [9.17, 15) is 9.59 Å². The molecule has 0 bridgehead atoms. The maximum atomic E-state index is 10.7. The molecule has 0 spiro atoms. The molecule has 3 heteroatoms. The number of hydrogen-bond donors (Lipinski definition) is 1. The molecule has 1 N–H and O–H groups in total. The Bertz CT molecular complexity index is 207. The number of rotatable bonds is 5. The molecule has 0 heterocycles. The quantitative estimate of drug-likeness (QED) is 0.616. The molecule has 0 rings (SSSR count). The predicted molar refractivity (Wildman–Crippen MR) is 47.6 cm³/mol. The maximum absolute atomic E-state index is 10.7. The standard InChI is InChI=1S/C9H13NO2/c1-3-8(11)6-4-5-7-9(12)10-2/h3,5,7H,1,4,6H2,2H3,(H,10,12)/b7-5+. The molecule has 0 aliphatic heterocycles. The van der Waals surface area contributed by atoms with E-state index in [1.807, 2.05) is 0 Å². The summed E-state index contributed by atoms with van der Waals surface area (Å²) in [4.78, 5) is 21.3. The summed E-state index contributed by atoms with van der Waals surface area (Å²) in [6.45, 7) is 3.34. The van der Waals surface area contributed by atoms with Crippen LogP contribution in [0, 0.1) is 0 Å². The average molecular weight is 167 g/mol. The Labute approximate surface area is 72.2 Å². The van der Waals surface area contributed by atoms with Crippen LogP contribution in [0.1, 0.15) is 12.8 Å². The molecule has 0 aliphatic rings. The van der Waals surface area contributed by atoms with E-state index >= 15 is 0 Å². The van der Waals surface area contributed by atoms with Gasteiger partial charge in [0.05, 0.1) is 0 Å². The molecule has 1 amide bonds. The van der Waals surface area contributed by atoms with E-state index < -0.39 is 0 Å². The molecule has 3 nitrogen and oxygen atoms in total. The topological polar surface area (TPSA) is 46.2 Å². The Hall–Kier alpha value is -1.38. The van der Waals surface area contributed by atoms with Crippen molar-refractivity contribution in [2.24, 2.45) is 0 Å². The van der Waals surface area contributed by atoms with Crippen molar-refractivity contribution >= 4 is 11.7 Å². The number of allylic oxidation sites excluding steroid dienone is 2. The number of carbonyl (C=O) groups is 2. The van der Waals surface area contributed by atoms with Crippen LogP contribution in [0.5, 0.6) is 0 Å². The summed E-state index contributed by atoms with van der Waals surface area (Å²) in [5, 5.41) is 2.44. The molecular formula is C9H13NO2. The van der Waals surface area contributed by atoms with Gasteiger partial charge in [0, 0.05) is 13.5 Å². The average Bonchev–Trinajstić information content (AvgIpc) is 2.11. The number of nitrogens with one attached hydrogen (secondary N) is 1. The van der Waals surface area contributed by atoms with Crippen molar-refractivity contribution < 1.29 is 9.59 Å². The molecule has 0 aromatic rings.